The summed E-state index contributed by atoms with van der Waals surface area (Å²) in [6.07, 6.45) is 4.55. The third-order valence-electron chi connectivity index (χ3n) is 2.79. The number of rotatable bonds is 4. The van der Waals surface area contributed by atoms with Crippen molar-refractivity contribution in [1.29, 1.82) is 0 Å². The minimum atomic E-state index is -0.0323. The molecule has 2 heteroatoms. The number of allylic oxidation sites excluding steroid dienone is 3. The smallest absolute Gasteiger partial charge is 0.251 e. The Labute approximate surface area is 103 Å². The van der Waals surface area contributed by atoms with E-state index in [1.165, 1.54) is 0 Å². The Morgan fingerprint density at radius 1 is 1.47 bits per heavy atom. The molecule has 0 saturated carbocycles. The van der Waals surface area contributed by atoms with Gasteiger partial charge in [0, 0.05) is 12.6 Å². The number of carbonyl (C=O) groups excluding carboxylic acids is 1. The SMILES string of the molecule is C=C/C=C(\C)c1ccc(CC)c(C(=O)NC)c1. The third-order valence-corrected chi connectivity index (χ3v) is 2.79. The maximum Gasteiger partial charge on any atom is 0.251 e. The second-order valence-electron chi connectivity index (χ2n) is 3.89. The van der Waals surface area contributed by atoms with Crippen LogP contribution in [-0.2, 0) is 6.42 Å². The van der Waals surface area contributed by atoms with Gasteiger partial charge in [-0.1, -0.05) is 37.8 Å². The maximum atomic E-state index is 11.8. The minimum absolute atomic E-state index is 0.0323. The lowest BCUT2D eigenvalue weighted by Gasteiger charge is -2.09. The number of aryl methyl sites for hydroxylation is 1. The van der Waals surface area contributed by atoms with Crippen LogP contribution < -0.4 is 5.32 Å². The fourth-order valence-corrected chi connectivity index (χ4v) is 1.75. The largest absolute Gasteiger partial charge is 0.355 e. The first-order valence-electron chi connectivity index (χ1n) is 5.78. The predicted molar refractivity (Wildman–Crippen MR) is 73.1 cm³/mol. The van der Waals surface area contributed by atoms with Crippen LogP contribution in [0.15, 0.2) is 36.9 Å². The molecule has 0 heterocycles. The molecule has 2 nitrogen and oxygen atoms in total. The molecule has 1 amide bonds. The fourth-order valence-electron chi connectivity index (χ4n) is 1.75. The summed E-state index contributed by atoms with van der Waals surface area (Å²) in [5.74, 6) is -0.0323. The summed E-state index contributed by atoms with van der Waals surface area (Å²) in [6, 6.07) is 5.99. The standard InChI is InChI=1S/C15H19NO/c1-5-7-11(3)13-9-8-12(6-2)14(10-13)15(17)16-4/h5,7-10H,1,6H2,2-4H3,(H,16,17)/b11-7+. The van der Waals surface area contributed by atoms with Gasteiger partial charge in [0.25, 0.3) is 5.91 Å². The number of amides is 1. The van der Waals surface area contributed by atoms with Crippen molar-refractivity contribution in [1.82, 2.24) is 5.32 Å². The number of hydrogen-bond donors (Lipinski definition) is 1. The zero-order valence-electron chi connectivity index (χ0n) is 10.7. The summed E-state index contributed by atoms with van der Waals surface area (Å²) in [5.41, 5.74) is 3.98. The highest BCUT2D eigenvalue weighted by Gasteiger charge is 2.09. The lowest BCUT2D eigenvalue weighted by Crippen LogP contribution is -2.19. The Bertz CT molecular complexity index is 458. The van der Waals surface area contributed by atoms with Gasteiger partial charge in [0.15, 0.2) is 0 Å². The molecule has 0 aromatic heterocycles. The summed E-state index contributed by atoms with van der Waals surface area (Å²) >= 11 is 0. The lowest BCUT2D eigenvalue weighted by atomic mass is 9.98. The molecular formula is C15H19NO. The van der Waals surface area contributed by atoms with E-state index in [1.54, 1.807) is 13.1 Å². The van der Waals surface area contributed by atoms with Crippen LogP contribution in [0.5, 0.6) is 0 Å². The summed E-state index contributed by atoms with van der Waals surface area (Å²) in [6.45, 7) is 7.74. The molecule has 1 aromatic rings. The van der Waals surface area contributed by atoms with Gasteiger partial charge in [-0.25, -0.2) is 0 Å². The highest BCUT2D eigenvalue weighted by atomic mass is 16.1. The van der Waals surface area contributed by atoms with Crippen molar-refractivity contribution in [3.05, 3.63) is 53.6 Å². The Morgan fingerprint density at radius 2 is 2.18 bits per heavy atom. The van der Waals surface area contributed by atoms with Gasteiger partial charge in [0.05, 0.1) is 0 Å². The van der Waals surface area contributed by atoms with Gasteiger partial charge in [-0.3, -0.25) is 4.79 Å². The molecule has 1 aromatic carbocycles. The summed E-state index contributed by atoms with van der Waals surface area (Å²) in [7, 11) is 1.65. The molecule has 0 aliphatic heterocycles. The number of hydrogen-bond acceptors (Lipinski definition) is 1. The first-order valence-corrected chi connectivity index (χ1v) is 5.78. The van der Waals surface area contributed by atoms with Gasteiger partial charge in [0.1, 0.15) is 0 Å². The summed E-state index contributed by atoms with van der Waals surface area (Å²) < 4.78 is 0. The van der Waals surface area contributed by atoms with Gasteiger partial charge < -0.3 is 5.32 Å². The Morgan fingerprint density at radius 3 is 2.71 bits per heavy atom. The van der Waals surface area contributed by atoms with E-state index in [9.17, 15) is 4.79 Å². The van der Waals surface area contributed by atoms with Crippen LogP contribution in [0.4, 0.5) is 0 Å². The van der Waals surface area contributed by atoms with Crippen LogP contribution in [0.1, 0.15) is 35.3 Å². The van der Waals surface area contributed by atoms with E-state index in [1.807, 2.05) is 38.1 Å². The van der Waals surface area contributed by atoms with Crippen molar-refractivity contribution in [2.24, 2.45) is 0 Å². The van der Waals surface area contributed by atoms with E-state index >= 15 is 0 Å². The maximum absolute atomic E-state index is 11.8. The summed E-state index contributed by atoms with van der Waals surface area (Å²) in [4.78, 5) is 11.8. The molecule has 0 aliphatic rings. The molecule has 0 unspecified atom stereocenters. The molecule has 0 fully saturated rings. The van der Waals surface area contributed by atoms with Crippen molar-refractivity contribution in [3.63, 3.8) is 0 Å². The van der Waals surface area contributed by atoms with Crippen LogP contribution >= 0.6 is 0 Å². The van der Waals surface area contributed by atoms with Crippen LogP contribution in [0, 0.1) is 0 Å². The van der Waals surface area contributed by atoms with E-state index in [2.05, 4.69) is 11.9 Å². The minimum Gasteiger partial charge on any atom is -0.355 e. The van der Waals surface area contributed by atoms with Crippen molar-refractivity contribution in [2.75, 3.05) is 7.05 Å². The van der Waals surface area contributed by atoms with Gasteiger partial charge in [-0.15, -0.1) is 0 Å². The molecule has 1 N–H and O–H groups in total. The van der Waals surface area contributed by atoms with Gasteiger partial charge in [-0.05, 0) is 36.1 Å². The topological polar surface area (TPSA) is 29.1 Å². The van der Waals surface area contributed by atoms with E-state index in [0.29, 0.717) is 0 Å². The third kappa shape index (κ3) is 3.06. The van der Waals surface area contributed by atoms with Crippen LogP contribution in [0.2, 0.25) is 0 Å². The molecule has 1 rings (SSSR count). The Hall–Kier alpha value is -1.83. The molecule has 0 radical (unpaired) electrons. The lowest BCUT2D eigenvalue weighted by molar-refractivity contribution is 0.0962. The van der Waals surface area contributed by atoms with E-state index in [0.717, 1.165) is 28.7 Å². The monoisotopic (exact) mass is 229 g/mol. The predicted octanol–water partition coefficient (Wildman–Crippen LogP) is 3.20. The molecule has 0 spiro atoms. The molecular weight excluding hydrogens is 210 g/mol. The molecule has 0 saturated heterocycles. The molecule has 0 aliphatic carbocycles. The normalized spacial score (nSPS) is 11.1. The second kappa shape index (κ2) is 6.04. The van der Waals surface area contributed by atoms with E-state index < -0.39 is 0 Å². The summed E-state index contributed by atoms with van der Waals surface area (Å²) in [5, 5.41) is 2.68. The molecule has 17 heavy (non-hydrogen) atoms. The fraction of sp³-hybridized carbons (Fsp3) is 0.267. The Balaban J connectivity index is 3.26. The van der Waals surface area contributed by atoms with Gasteiger partial charge in [-0.2, -0.15) is 0 Å². The molecule has 90 valence electrons. The molecule has 0 atom stereocenters. The zero-order chi connectivity index (χ0) is 12.8. The zero-order valence-corrected chi connectivity index (χ0v) is 10.7. The van der Waals surface area contributed by atoms with Gasteiger partial charge >= 0.3 is 0 Å². The first-order chi connectivity index (χ1) is 8.13. The average molecular weight is 229 g/mol. The van der Waals surface area contributed by atoms with Crippen LogP contribution in [0.25, 0.3) is 5.57 Å². The first kappa shape index (κ1) is 13.2. The van der Waals surface area contributed by atoms with Gasteiger partial charge in [0.2, 0.25) is 0 Å². The van der Waals surface area contributed by atoms with Crippen LogP contribution in [0.3, 0.4) is 0 Å². The Kier molecular flexibility index (Phi) is 4.70. The van der Waals surface area contributed by atoms with Crippen LogP contribution in [-0.4, -0.2) is 13.0 Å². The quantitative estimate of drug-likeness (QED) is 0.789. The highest BCUT2D eigenvalue weighted by Crippen LogP contribution is 2.19. The van der Waals surface area contributed by atoms with Crippen molar-refractivity contribution in [3.8, 4) is 0 Å². The van der Waals surface area contributed by atoms with E-state index in [-0.39, 0.29) is 5.91 Å². The highest BCUT2D eigenvalue weighted by molar-refractivity contribution is 5.96. The number of benzene rings is 1. The van der Waals surface area contributed by atoms with E-state index in [4.69, 9.17) is 0 Å². The van der Waals surface area contributed by atoms with Crippen molar-refractivity contribution >= 4 is 11.5 Å². The number of nitrogens with one attached hydrogen (secondary N) is 1. The second-order valence-corrected chi connectivity index (χ2v) is 3.89. The number of carbonyl (C=O) groups is 1. The van der Waals surface area contributed by atoms with Crippen molar-refractivity contribution in [2.45, 2.75) is 20.3 Å². The molecule has 0 bridgehead atoms. The van der Waals surface area contributed by atoms with Crippen molar-refractivity contribution < 1.29 is 4.79 Å². The average Bonchev–Trinajstić information content (AvgIpc) is 2.37.